The van der Waals surface area contributed by atoms with Crippen LogP contribution in [0.5, 0.6) is 0 Å². The summed E-state index contributed by atoms with van der Waals surface area (Å²) < 4.78 is 0. The van der Waals surface area contributed by atoms with Crippen LogP contribution in [0.3, 0.4) is 0 Å². The zero-order valence-electron chi connectivity index (χ0n) is 16.6. The number of β-amino-alcohol motifs (C(OH)–C–C–N with tert-alkyl or cyclic N) is 1. The highest BCUT2D eigenvalue weighted by Crippen LogP contribution is 2.29. The van der Waals surface area contributed by atoms with Gasteiger partial charge in [0.1, 0.15) is 11.5 Å². The number of rotatable bonds is 4. The summed E-state index contributed by atoms with van der Waals surface area (Å²) in [5.74, 6) is 0.841. The van der Waals surface area contributed by atoms with Gasteiger partial charge in [0.2, 0.25) is 0 Å². The first kappa shape index (κ1) is 19.1. The van der Waals surface area contributed by atoms with Gasteiger partial charge in [-0.05, 0) is 38.0 Å². The Morgan fingerprint density at radius 1 is 1.41 bits per heavy atom. The van der Waals surface area contributed by atoms with Crippen LogP contribution in [0.4, 0.5) is 5.82 Å². The average molecular weight is 391 g/mol. The molecule has 0 aliphatic carbocycles. The quantitative estimate of drug-likeness (QED) is 0.588. The van der Waals surface area contributed by atoms with Crippen molar-refractivity contribution in [2.75, 3.05) is 25.0 Å². The van der Waals surface area contributed by atoms with Crippen molar-refractivity contribution in [3.05, 3.63) is 42.4 Å². The molecule has 4 heterocycles. The number of nitrogens with zero attached hydrogens (tertiary/aromatic N) is 5. The first-order valence-corrected chi connectivity index (χ1v) is 9.64. The third-order valence-electron chi connectivity index (χ3n) is 5.17. The lowest BCUT2D eigenvalue weighted by Crippen LogP contribution is -2.46. The van der Waals surface area contributed by atoms with Crippen molar-refractivity contribution in [3.8, 4) is 11.4 Å². The zero-order chi connectivity index (χ0) is 20.4. The number of nitrogens with two attached hydrogens (primary N) is 1. The van der Waals surface area contributed by atoms with Crippen LogP contribution in [-0.2, 0) is 0 Å². The van der Waals surface area contributed by atoms with Crippen LogP contribution in [0.15, 0.2) is 41.7 Å². The fourth-order valence-electron chi connectivity index (χ4n) is 3.75. The summed E-state index contributed by atoms with van der Waals surface area (Å²) >= 11 is 0. The topological polar surface area (TPSA) is 116 Å². The molecule has 1 aliphatic rings. The van der Waals surface area contributed by atoms with Crippen molar-refractivity contribution in [1.29, 1.82) is 0 Å². The van der Waals surface area contributed by atoms with Crippen LogP contribution in [-0.4, -0.2) is 57.2 Å². The molecular weight excluding hydrogens is 366 g/mol. The number of pyridine rings is 2. The second-order valence-corrected chi connectivity index (χ2v) is 7.60. The summed E-state index contributed by atoms with van der Waals surface area (Å²) in [5.41, 5.74) is 8.82. The van der Waals surface area contributed by atoms with Crippen molar-refractivity contribution in [1.82, 2.24) is 20.2 Å². The molecule has 0 radical (unpaired) electrons. The first-order valence-electron chi connectivity index (χ1n) is 9.64. The molecule has 0 bridgehead atoms. The van der Waals surface area contributed by atoms with Gasteiger partial charge in [0.25, 0.3) is 0 Å². The molecule has 150 valence electrons. The molecule has 3 aromatic rings. The molecule has 8 nitrogen and oxygen atoms in total. The van der Waals surface area contributed by atoms with E-state index >= 15 is 0 Å². The van der Waals surface area contributed by atoms with Crippen LogP contribution in [0.25, 0.3) is 27.9 Å². The molecule has 0 spiro atoms. The Hall–Kier alpha value is -3.26. The van der Waals surface area contributed by atoms with Gasteiger partial charge in [-0.1, -0.05) is 6.07 Å². The number of aliphatic imine (C=N–C) groups is 1. The van der Waals surface area contributed by atoms with Gasteiger partial charge >= 0.3 is 0 Å². The molecule has 0 saturated carbocycles. The SMILES string of the molecule is CN=CC(=CN)c1cc2c(-c3cccc(N4CCC[C@](C)(O)C4)n3)n[nH]c2cn1. The predicted octanol–water partition coefficient (Wildman–Crippen LogP) is 2.37. The van der Waals surface area contributed by atoms with Gasteiger partial charge in [0, 0.05) is 43.5 Å². The fourth-order valence-corrected chi connectivity index (χ4v) is 3.75. The average Bonchev–Trinajstić information content (AvgIpc) is 3.14. The van der Waals surface area contributed by atoms with E-state index in [1.165, 1.54) is 6.20 Å². The van der Waals surface area contributed by atoms with E-state index in [0.29, 0.717) is 6.54 Å². The number of anilines is 1. The van der Waals surface area contributed by atoms with Gasteiger partial charge in [-0.15, -0.1) is 0 Å². The number of aliphatic hydroxyl groups is 1. The Balaban J connectivity index is 1.73. The van der Waals surface area contributed by atoms with Crippen molar-refractivity contribution in [2.24, 2.45) is 10.7 Å². The number of nitrogens with one attached hydrogen (secondary N) is 1. The number of aromatic nitrogens is 4. The lowest BCUT2D eigenvalue weighted by molar-refractivity contribution is 0.0447. The molecule has 1 saturated heterocycles. The third-order valence-corrected chi connectivity index (χ3v) is 5.17. The molecular formula is C21H25N7O. The van der Waals surface area contributed by atoms with Crippen LogP contribution in [0, 0.1) is 0 Å². The molecule has 4 N–H and O–H groups in total. The number of fused-ring (bicyclic) bond motifs is 1. The minimum absolute atomic E-state index is 0.569. The van der Waals surface area contributed by atoms with Crippen molar-refractivity contribution < 1.29 is 5.11 Å². The fraction of sp³-hybridized carbons (Fsp3) is 0.333. The minimum Gasteiger partial charge on any atom is -0.404 e. The normalized spacial score (nSPS) is 20.7. The smallest absolute Gasteiger partial charge is 0.129 e. The van der Waals surface area contributed by atoms with E-state index in [2.05, 4.69) is 25.1 Å². The van der Waals surface area contributed by atoms with Crippen molar-refractivity contribution >= 4 is 28.5 Å². The maximum Gasteiger partial charge on any atom is 0.129 e. The van der Waals surface area contributed by atoms with Gasteiger partial charge in [0.15, 0.2) is 0 Å². The number of piperidine rings is 1. The largest absolute Gasteiger partial charge is 0.404 e. The highest BCUT2D eigenvalue weighted by Gasteiger charge is 2.29. The number of aromatic amines is 1. The zero-order valence-corrected chi connectivity index (χ0v) is 16.6. The van der Waals surface area contributed by atoms with Gasteiger partial charge in [-0.3, -0.25) is 15.1 Å². The standard InChI is InChI=1S/C21H25N7O/c1-21(29)7-4-8-28(13-21)19-6-3-5-16(25-19)20-15-9-17(14(10-22)11-23-2)24-12-18(15)26-27-20/h3,5-6,9-12,29H,4,7-8,13,22H2,1-2H3,(H,26,27)/t21-/m0/s1. The molecule has 1 aliphatic heterocycles. The number of H-pyrrole nitrogens is 1. The van der Waals surface area contributed by atoms with E-state index in [9.17, 15) is 5.11 Å². The van der Waals surface area contributed by atoms with Crippen LogP contribution >= 0.6 is 0 Å². The third kappa shape index (κ3) is 3.84. The summed E-state index contributed by atoms with van der Waals surface area (Å²) in [7, 11) is 1.69. The van der Waals surface area contributed by atoms with E-state index < -0.39 is 5.60 Å². The lowest BCUT2D eigenvalue weighted by Gasteiger charge is -2.37. The summed E-state index contributed by atoms with van der Waals surface area (Å²) in [5, 5.41) is 18.8. The molecule has 1 fully saturated rings. The maximum absolute atomic E-state index is 10.4. The Bertz CT molecular complexity index is 1080. The minimum atomic E-state index is -0.693. The molecule has 0 unspecified atom stereocenters. The van der Waals surface area contributed by atoms with E-state index in [1.807, 2.05) is 31.2 Å². The Kier molecular flexibility index (Phi) is 5.02. The van der Waals surface area contributed by atoms with Gasteiger partial charge in [-0.2, -0.15) is 5.10 Å². The van der Waals surface area contributed by atoms with Crippen molar-refractivity contribution in [2.45, 2.75) is 25.4 Å². The number of allylic oxidation sites excluding steroid dienone is 1. The van der Waals surface area contributed by atoms with Crippen molar-refractivity contribution in [3.63, 3.8) is 0 Å². The molecule has 0 amide bonds. The molecule has 1 atom stereocenters. The highest BCUT2D eigenvalue weighted by molar-refractivity contribution is 6.10. The molecule has 4 rings (SSSR count). The monoisotopic (exact) mass is 391 g/mol. The van der Waals surface area contributed by atoms with Crippen LogP contribution < -0.4 is 10.6 Å². The van der Waals surface area contributed by atoms with Crippen LogP contribution in [0.2, 0.25) is 0 Å². The Morgan fingerprint density at radius 2 is 2.28 bits per heavy atom. The first-order chi connectivity index (χ1) is 14.0. The van der Waals surface area contributed by atoms with Gasteiger partial charge in [-0.25, -0.2) is 4.98 Å². The molecule has 29 heavy (non-hydrogen) atoms. The second kappa shape index (κ2) is 7.63. The predicted molar refractivity (Wildman–Crippen MR) is 116 cm³/mol. The highest BCUT2D eigenvalue weighted by atomic mass is 16.3. The molecule has 3 aromatic heterocycles. The molecule has 8 heteroatoms. The summed E-state index contributed by atoms with van der Waals surface area (Å²) in [4.78, 5) is 15.4. The summed E-state index contributed by atoms with van der Waals surface area (Å²) in [6.45, 7) is 3.32. The Labute approximate surface area is 169 Å². The Morgan fingerprint density at radius 3 is 3.03 bits per heavy atom. The summed E-state index contributed by atoms with van der Waals surface area (Å²) in [6, 6.07) is 7.82. The van der Waals surface area contributed by atoms with E-state index in [4.69, 9.17) is 10.7 Å². The summed E-state index contributed by atoms with van der Waals surface area (Å²) in [6.07, 6.45) is 6.64. The van der Waals surface area contributed by atoms with Gasteiger partial charge in [0.05, 0.1) is 28.7 Å². The second-order valence-electron chi connectivity index (χ2n) is 7.60. The lowest BCUT2D eigenvalue weighted by atomic mass is 9.95. The number of hydrogen-bond donors (Lipinski definition) is 3. The van der Waals surface area contributed by atoms with Crippen LogP contribution in [0.1, 0.15) is 25.5 Å². The maximum atomic E-state index is 10.4. The molecule has 0 aromatic carbocycles. The van der Waals surface area contributed by atoms with E-state index in [-0.39, 0.29) is 0 Å². The van der Waals surface area contributed by atoms with Gasteiger partial charge < -0.3 is 15.7 Å². The number of hydrogen-bond acceptors (Lipinski definition) is 7. The van der Waals surface area contributed by atoms with E-state index in [0.717, 1.165) is 58.8 Å². The van der Waals surface area contributed by atoms with E-state index in [1.54, 1.807) is 19.5 Å².